The molecule has 1 aliphatic carbocycles. The molecule has 2 N–H and O–H groups in total. The second-order valence-corrected chi connectivity index (χ2v) is 7.12. The van der Waals surface area contributed by atoms with Crippen LogP contribution in [0.3, 0.4) is 0 Å². The van der Waals surface area contributed by atoms with E-state index < -0.39 is 0 Å². The molecule has 1 heterocycles. The molecular weight excluding hydrogens is 316 g/mol. The lowest BCUT2D eigenvalue weighted by atomic mass is 10.1. The first kappa shape index (κ1) is 17.0. The molecule has 0 radical (unpaired) electrons. The van der Waals surface area contributed by atoms with Crippen LogP contribution in [-0.4, -0.2) is 20.9 Å². The number of benzene rings is 1. The van der Waals surface area contributed by atoms with Crippen LogP contribution < -0.4 is 10.6 Å². The highest BCUT2D eigenvalue weighted by Crippen LogP contribution is 2.22. The van der Waals surface area contributed by atoms with Gasteiger partial charge in [0, 0.05) is 6.04 Å². The fraction of sp³-hybridized carbons (Fsp3) is 0.474. The number of aryl methyl sites for hydroxylation is 2. The molecule has 2 aromatic rings. The zero-order chi connectivity index (χ0) is 17.1. The summed E-state index contributed by atoms with van der Waals surface area (Å²) in [6.07, 6.45) is 5.03. The number of nitrogens with one attached hydrogen (secondary N) is 2. The van der Waals surface area contributed by atoms with E-state index in [-0.39, 0.29) is 0 Å². The molecule has 0 bridgehead atoms. The van der Waals surface area contributed by atoms with Crippen LogP contribution in [0, 0.1) is 20.8 Å². The molecule has 3 rings (SSSR count). The fourth-order valence-electron chi connectivity index (χ4n) is 3.39. The first-order chi connectivity index (χ1) is 11.5. The van der Waals surface area contributed by atoms with E-state index in [0.29, 0.717) is 11.2 Å². The maximum atomic E-state index is 5.49. The lowest BCUT2D eigenvalue weighted by Crippen LogP contribution is -2.36. The molecule has 128 valence electrons. The minimum absolute atomic E-state index is 0.521. The van der Waals surface area contributed by atoms with Crippen LogP contribution in [0.1, 0.15) is 48.2 Å². The molecule has 4 nitrogen and oxygen atoms in total. The van der Waals surface area contributed by atoms with E-state index in [9.17, 15) is 0 Å². The van der Waals surface area contributed by atoms with Crippen LogP contribution >= 0.6 is 12.2 Å². The SMILES string of the molecule is Cc1ccccc1Cn1nc(C)c(NC(=S)NC2CCCC2)c1C. The zero-order valence-corrected chi connectivity index (χ0v) is 15.5. The molecule has 0 amide bonds. The maximum absolute atomic E-state index is 5.49. The summed E-state index contributed by atoms with van der Waals surface area (Å²) in [6, 6.07) is 8.97. The third kappa shape index (κ3) is 3.78. The van der Waals surface area contributed by atoms with Crippen LogP contribution in [0.15, 0.2) is 24.3 Å². The van der Waals surface area contributed by atoms with Crippen LogP contribution in [-0.2, 0) is 6.54 Å². The van der Waals surface area contributed by atoms with Crippen LogP contribution in [0.25, 0.3) is 0 Å². The van der Waals surface area contributed by atoms with Gasteiger partial charge in [0.25, 0.3) is 0 Å². The smallest absolute Gasteiger partial charge is 0.171 e. The van der Waals surface area contributed by atoms with Crippen molar-refractivity contribution in [2.24, 2.45) is 0 Å². The fourth-order valence-corrected chi connectivity index (χ4v) is 3.65. The van der Waals surface area contributed by atoms with Crippen molar-refractivity contribution >= 4 is 23.0 Å². The van der Waals surface area contributed by atoms with Gasteiger partial charge in [0.1, 0.15) is 0 Å². The van der Waals surface area contributed by atoms with Gasteiger partial charge in [-0.05, 0) is 57.0 Å². The molecular formula is C19H26N4S. The molecule has 0 spiro atoms. The van der Waals surface area contributed by atoms with E-state index in [2.05, 4.69) is 53.4 Å². The Morgan fingerprint density at radius 2 is 1.92 bits per heavy atom. The molecule has 1 fully saturated rings. The van der Waals surface area contributed by atoms with Crippen molar-refractivity contribution in [1.29, 1.82) is 0 Å². The van der Waals surface area contributed by atoms with Gasteiger partial charge in [0.15, 0.2) is 5.11 Å². The molecule has 0 atom stereocenters. The summed E-state index contributed by atoms with van der Waals surface area (Å²) in [6.45, 7) is 7.05. The minimum atomic E-state index is 0.521. The summed E-state index contributed by atoms with van der Waals surface area (Å²) in [4.78, 5) is 0. The average molecular weight is 343 g/mol. The molecule has 1 aromatic carbocycles. The molecule has 1 saturated carbocycles. The number of aromatic nitrogens is 2. The normalized spacial score (nSPS) is 14.8. The number of anilines is 1. The topological polar surface area (TPSA) is 41.9 Å². The van der Waals surface area contributed by atoms with Gasteiger partial charge in [0.05, 0.1) is 23.6 Å². The average Bonchev–Trinajstić information content (AvgIpc) is 3.14. The summed E-state index contributed by atoms with van der Waals surface area (Å²) in [5, 5.41) is 12.2. The lowest BCUT2D eigenvalue weighted by Gasteiger charge is -2.16. The van der Waals surface area contributed by atoms with Crippen LogP contribution in [0.2, 0.25) is 0 Å². The Labute approximate surface area is 149 Å². The zero-order valence-electron chi connectivity index (χ0n) is 14.7. The Kier molecular flexibility index (Phi) is 5.19. The maximum Gasteiger partial charge on any atom is 0.171 e. The van der Waals surface area contributed by atoms with Gasteiger partial charge in [-0.2, -0.15) is 5.10 Å². The second kappa shape index (κ2) is 7.34. The van der Waals surface area contributed by atoms with Crippen molar-refractivity contribution in [2.45, 2.75) is 59.0 Å². The van der Waals surface area contributed by atoms with Gasteiger partial charge in [-0.15, -0.1) is 0 Å². The minimum Gasteiger partial charge on any atom is -0.360 e. The predicted molar refractivity (Wildman–Crippen MR) is 104 cm³/mol. The van der Waals surface area contributed by atoms with Crippen molar-refractivity contribution in [2.75, 3.05) is 5.32 Å². The number of rotatable bonds is 4. The molecule has 24 heavy (non-hydrogen) atoms. The molecule has 0 aliphatic heterocycles. The molecule has 0 saturated heterocycles. The monoisotopic (exact) mass is 342 g/mol. The third-order valence-electron chi connectivity index (χ3n) is 4.89. The van der Waals surface area contributed by atoms with E-state index in [1.165, 1.54) is 36.8 Å². The van der Waals surface area contributed by atoms with E-state index >= 15 is 0 Å². The second-order valence-electron chi connectivity index (χ2n) is 6.71. The third-order valence-corrected chi connectivity index (χ3v) is 5.11. The molecule has 1 aromatic heterocycles. The quantitative estimate of drug-likeness (QED) is 0.822. The van der Waals surface area contributed by atoms with E-state index in [0.717, 1.165) is 23.6 Å². The lowest BCUT2D eigenvalue weighted by molar-refractivity contribution is 0.634. The Hall–Kier alpha value is -1.88. The summed E-state index contributed by atoms with van der Waals surface area (Å²) in [5.41, 5.74) is 5.71. The first-order valence-corrected chi connectivity index (χ1v) is 9.11. The number of hydrogen-bond acceptors (Lipinski definition) is 2. The summed E-state index contributed by atoms with van der Waals surface area (Å²) >= 11 is 5.49. The van der Waals surface area contributed by atoms with Crippen molar-refractivity contribution in [3.63, 3.8) is 0 Å². The van der Waals surface area contributed by atoms with E-state index in [1.54, 1.807) is 0 Å². The number of nitrogens with zero attached hydrogens (tertiary/aromatic N) is 2. The van der Waals surface area contributed by atoms with E-state index in [4.69, 9.17) is 17.3 Å². The van der Waals surface area contributed by atoms with Crippen molar-refractivity contribution in [3.8, 4) is 0 Å². The molecule has 5 heteroatoms. The van der Waals surface area contributed by atoms with Crippen LogP contribution in [0.5, 0.6) is 0 Å². The highest BCUT2D eigenvalue weighted by Gasteiger charge is 2.18. The largest absolute Gasteiger partial charge is 0.360 e. The van der Waals surface area contributed by atoms with Crippen molar-refractivity contribution < 1.29 is 0 Å². The predicted octanol–water partition coefficient (Wildman–Crippen LogP) is 4.09. The summed E-state index contributed by atoms with van der Waals surface area (Å²) in [5.74, 6) is 0. The standard InChI is InChI=1S/C19H26N4S/c1-13-8-4-5-9-16(13)12-23-15(3)18(14(2)22-23)21-19(24)20-17-10-6-7-11-17/h4-5,8-9,17H,6-7,10-12H2,1-3H3,(H2,20,21,24). The van der Waals surface area contributed by atoms with E-state index in [1.807, 2.05) is 6.92 Å². The van der Waals surface area contributed by atoms with Gasteiger partial charge in [-0.25, -0.2) is 0 Å². The number of hydrogen-bond donors (Lipinski definition) is 2. The van der Waals surface area contributed by atoms with Gasteiger partial charge in [-0.3, -0.25) is 4.68 Å². The van der Waals surface area contributed by atoms with Gasteiger partial charge >= 0.3 is 0 Å². The Bertz CT molecular complexity index is 729. The van der Waals surface area contributed by atoms with Crippen molar-refractivity contribution in [1.82, 2.24) is 15.1 Å². The first-order valence-electron chi connectivity index (χ1n) is 8.70. The van der Waals surface area contributed by atoms with Gasteiger partial charge in [-0.1, -0.05) is 37.1 Å². The Balaban J connectivity index is 1.71. The van der Waals surface area contributed by atoms with Crippen LogP contribution in [0.4, 0.5) is 5.69 Å². The van der Waals surface area contributed by atoms with Gasteiger partial charge in [0.2, 0.25) is 0 Å². The highest BCUT2D eigenvalue weighted by molar-refractivity contribution is 7.80. The highest BCUT2D eigenvalue weighted by atomic mass is 32.1. The number of thiocarbonyl (C=S) groups is 1. The van der Waals surface area contributed by atoms with Crippen molar-refractivity contribution in [3.05, 3.63) is 46.8 Å². The summed E-state index contributed by atoms with van der Waals surface area (Å²) < 4.78 is 2.05. The Morgan fingerprint density at radius 3 is 2.62 bits per heavy atom. The molecule has 1 aliphatic rings. The molecule has 0 unspecified atom stereocenters. The Morgan fingerprint density at radius 1 is 1.21 bits per heavy atom. The van der Waals surface area contributed by atoms with Gasteiger partial charge < -0.3 is 10.6 Å². The summed E-state index contributed by atoms with van der Waals surface area (Å²) in [7, 11) is 0.